The van der Waals surface area contributed by atoms with E-state index in [-0.39, 0.29) is 30.7 Å². The number of amides is 2. The molecule has 4 rings (SSSR count). The summed E-state index contributed by atoms with van der Waals surface area (Å²) in [6, 6.07) is 16.5. The third-order valence-electron chi connectivity index (χ3n) is 6.35. The van der Waals surface area contributed by atoms with E-state index in [2.05, 4.69) is 34.9 Å². The molecule has 32 heavy (non-hydrogen) atoms. The molecule has 2 aliphatic carbocycles. The molecule has 168 valence electrons. The maximum Gasteiger partial charge on any atom is 0.407 e. The number of ether oxygens (including phenoxy) is 1. The second kappa shape index (κ2) is 9.85. The highest BCUT2D eigenvalue weighted by Gasteiger charge is 2.32. The Morgan fingerprint density at radius 2 is 1.53 bits per heavy atom. The number of carboxylic acid groups (broad SMARTS) is 1. The number of carbonyl (C=O) groups is 3. The van der Waals surface area contributed by atoms with Crippen LogP contribution in [0.1, 0.15) is 42.7 Å². The topological polar surface area (TPSA) is 105 Å². The average molecular weight is 437 g/mol. The van der Waals surface area contributed by atoms with E-state index in [0.717, 1.165) is 12.8 Å². The molecule has 0 unspecified atom stereocenters. The number of nitrogens with one attached hydrogen (secondary N) is 2. The van der Waals surface area contributed by atoms with Crippen LogP contribution in [0, 0.1) is 11.8 Å². The van der Waals surface area contributed by atoms with Gasteiger partial charge in [-0.05, 0) is 46.9 Å². The number of carboxylic acids is 1. The van der Waals surface area contributed by atoms with Gasteiger partial charge in [0.25, 0.3) is 0 Å². The zero-order chi connectivity index (χ0) is 22.5. The molecule has 2 aromatic rings. The summed E-state index contributed by atoms with van der Waals surface area (Å²) >= 11 is 0. The molecule has 3 N–H and O–H groups in total. The summed E-state index contributed by atoms with van der Waals surface area (Å²) in [5, 5.41) is 14.1. The molecule has 0 aliphatic heterocycles. The van der Waals surface area contributed by atoms with Crippen molar-refractivity contribution >= 4 is 18.0 Å². The van der Waals surface area contributed by atoms with Crippen molar-refractivity contribution in [1.82, 2.24) is 10.6 Å². The molecule has 0 atom stereocenters. The van der Waals surface area contributed by atoms with Gasteiger partial charge >= 0.3 is 12.1 Å². The van der Waals surface area contributed by atoms with Gasteiger partial charge in [-0.25, -0.2) is 4.79 Å². The van der Waals surface area contributed by atoms with Crippen molar-refractivity contribution in [3.8, 4) is 11.1 Å². The van der Waals surface area contributed by atoms with Crippen LogP contribution in [-0.2, 0) is 14.3 Å². The molecule has 1 fully saturated rings. The fourth-order valence-corrected chi connectivity index (χ4v) is 4.73. The predicted octanol–water partition coefficient (Wildman–Crippen LogP) is 3.53. The fourth-order valence-electron chi connectivity index (χ4n) is 4.73. The minimum atomic E-state index is -0.923. The third-order valence-corrected chi connectivity index (χ3v) is 6.35. The van der Waals surface area contributed by atoms with Crippen LogP contribution in [0.5, 0.6) is 0 Å². The number of fused-ring (bicyclic) bond motifs is 3. The number of hydrogen-bond acceptors (Lipinski definition) is 4. The normalized spacial score (nSPS) is 18.8. The highest BCUT2D eigenvalue weighted by atomic mass is 16.5. The van der Waals surface area contributed by atoms with Crippen molar-refractivity contribution in [2.24, 2.45) is 11.8 Å². The van der Waals surface area contributed by atoms with Crippen molar-refractivity contribution < 1.29 is 24.2 Å². The minimum absolute atomic E-state index is 0.0425. The van der Waals surface area contributed by atoms with Gasteiger partial charge in [0, 0.05) is 25.4 Å². The van der Waals surface area contributed by atoms with Crippen LogP contribution in [0.15, 0.2) is 48.5 Å². The first-order chi connectivity index (χ1) is 15.5. The summed E-state index contributed by atoms with van der Waals surface area (Å²) in [7, 11) is 0. The van der Waals surface area contributed by atoms with Crippen LogP contribution in [0.25, 0.3) is 11.1 Å². The van der Waals surface area contributed by atoms with Crippen LogP contribution in [-0.4, -0.2) is 42.8 Å². The maximum atomic E-state index is 12.3. The first-order valence-electron chi connectivity index (χ1n) is 11.1. The molecule has 2 aromatic carbocycles. The zero-order valence-corrected chi connectivity index (χ0v) is 17.9. The van der Waals surface area contributed by atoms with Crippen molar-refractivity contribution in [1.29, 1.82) is 0 Å². The second-order valence-electron chi connectivity index (χ2n) is 8.61. The highest BCUT2D eigenvalue weighted by Crippen LogP contribution is 2.44. The van der Waals surface area contributed by atoms with E-state index >= 15 is 0 Å². The zero-order valence-electron chi connectivity index (χ0n) is 17.9. The summed E-state index contributed by atoms with van der Waals surface area (Å²) in [4.78, 5) is 34.5. The van der Waals surface area contributed by atoms with E-state index in [1.54, 1.807) is 0 Å². The van der Waals surface area contributed by atoms with Crippen molar-refractivity contribution in [2.75, 3.05) is 19.7 Å². The van der Waals surface area contributed by atoms with Crippen LogP contribution >= 0.6 is 0 Å². The van der Waals surface area contributed by atoms with E-state index in [4.69, 9.17) is 9.84 Å². The molecule has 2 aliphatic rings. The van der Waals surface area contributed by atoms with E-state index in [1.165, 1.54) is 22.3 Å². The van der Waals surface area contributed by atoms with Crippen molar-refractivity contribution in [2.45, 2.75) is 31.6 Å². The molecular formula is C25H28N2O5. The van der Waals surface area contributed by atoms with E-state index < -0.39 is 12.1 Å². The Balaban J connectivity index is 1.17. The second-order valence-corrected chi connectivity index (χ2v) is 8.61. The highest BCUT2D eigenvalue weighted by molar-refractivity contribution is 5.79. The molecular weight excluding hydrogens is 408 g/mol. The van der Waals surface area contributed by atoms with Crippen LogP contribution in [0.4, 0.5) is 4.79 Å². The molecule has 7 heteroatoms. The quantitative estimate of drug-likeness (QED) is 0.558. The Morgan fingerprint density at radius 1 is 0.906 bits per heavy atom. The van der Waals surface area contributed by atoms with E-state index in [9.17, 15) is 14.4 Å². The summed E-state index contributed by atoms with van der Waals surface area (Å²) in [6.07, 6.45) is 1.66. The van der Waals surface area contributed by atoms with Gasteiger partial charge in [-0.3, -0.25) is 9.59 Å². The number of benzene rings is 2. The number of rotatable bonds is 9. The molecule has 2 amide bonds. The van der Waals surface area contributed by atoms with Gasteiger partial charge in [-0.15, -0.1) is 0 Å². The van der Waals surface area contributed by atoms with Gasteiger partial charge in [0.1, 0.15) is 6.61 Å². The van der Waals surface area contributed by atoms with Gasteiger partial charge in [-0.2, -0.15) is 0 Å². The smallest absolute Gasteiger partial charge is 0.407 e. The lowest BCUT2D eigenvalue weighted by Crippen LogP contribution is -2.38. The molecule has 0 radical (unpaired) electrons. The largest absolute Gasteiger partial charge is 0.481 e. The Hall–Kier alpha value is -3.35. The van der Waals surface area contributed by atoms with Gasteiger partial charge in [0.15, 0.2) is 0 Å². The summed E-state index contributed by atoms with van der Waals surface area (Å²) in [5.41, 5.74) is 4.77. The Bertz CT molecular complexity index is 954. The van der Waals surface area contributed by atoms with Crippen molar-refractivity contribution in [3.05, 3.63) is 59.7 Å². The third kappa shape index (κ3) is 5.10. The average Bonchev–Trinajstić information content (AvgIpc) is 3.07. The Labute approximate surface area is 187 Å². The monoisotopic (exact) mass is 436 g/mol. The summed E-state index contributed by atoms with van der Waals surface area (Å²) in [5.74, 6) is -0.366. The van der Waals surface area contributed by atoms with Gasteiger partial charge in [0.05, 0.1) is 6.42 Å². The molecule has 0 spiro atoms. The van der Waals surface area contributed by atoms with Crippen LogP contribution < -0.4 is 10.6 Å². The number of aliphatic carboxylic acids is 1. The van der Waals surface area contributed by atoms with Gasteiger partial charge in [-0.1, -0.05) is 48.5 Å². The van der Waals surface area contributed by atoms with E-state index in [0.29, 0.717) is 25.5 Å². The van der Waals surface area contributed by atoms with Crippen LogP contribution in [0.2, 0.25) is 0 Å². The number of carbonyl (C=O) groups excluding carboxylic acids is 2. The molecule has 1 saturated carbocycles. The molecule has 0 saturated heterocycles. The number of hydrogen-bond donors (Lipinski definition) is 3. The molecule has 7 nitrogen and oxygen atoms in total. The van der Waals surface area contributed by atoms with Gasteiger partial charge in [0.2, 0.25) is 5.91 Å². The van der Waals surface area contributed by atoms with Crippen molar-refractivity contribution in [3.63, 3.8) is 0 Å². The standard InChI is InChI=1S/C25H28N2O5/c28-23(26-10-9-24(29)30)13-16-11-17(12-16)14-27-25(31)32-15-22-20-7-3-1-5-18(20)19-6-2-4-8-21(19)22/h1-8,16-17,22H,9-15H2,(H,26,28)(H,27,31)(H,29,30). The minimum Gasteiger partial charge on any atom is -0.481 e. The molecule has 0 heterocycles. The van der Waals surface area contributed by atoms with Gasteiger partial charge < -0.3 is 20.5 Å². The number of alkyl carbamates (subject to hydrolysis) is 1. The SMILES string of the molecule is O=C(O)CCNC(=O)CC1CC(CNC(=O)OCC2c3ccccc3-c3ccccc32)C1. The predicted molar refractivity (Wildman–Crippen MR) is 119 cm³/mol. The van der Waals surface area contributed by atoms with E-state index in [1.807, 2.05) is 24.3 Å². The Morgan fingerprint density at radius 3 is 2.16 bits per heavy atom. The summed E-state index contributed by atoms with van der Waals surface area (Å²) in [6.45, 7) is 0.991. The first kappa shape index (κ1) is 21.9. The lowest BCUT2D eigenvalue weighted by molar-refractivity contribution is -0.136. The Kier molecular flexibility index (Phi) is 6.73. The first-order valence-corrected chi connectivity index (χ1v) is 11.1. The lowest BCUT2D eigenvalue weighted by Gasteiger charge is -2.35. The van der Waals surface area contributed by atoms with Crippen LogP contribution in [0.3, 0.4) is 0 Å². The maximum absolute atomic E-state index is 12.3. The fraction of sp³-hybridized carbons (Fsp3) is 0.400. The molecule has 0 aromatic heterocycles. The molecule has 0 bridgehead atoms. The lowest BCUT2D eigenvalue weighted by atomic mass is 9.73. The summed E-state index contributed by atoms with van der Waals surface area (Å²) < 4.78 is 5.55.